The second kappa shape index (κ2) is 11.8. The zero-order valence-electron chi connectivity index (χ0n) is 15.4. The molecule has 2 rings (SSSR count). The van der Waals surface area contributed by atoms with E-state index in [1.165, 1.54) is 10.5 Å². The Morgan fingerprint density at radius 3 is 2.07 bits per heavy atom. The highest BCUT2D eigenvalue weighted by Gasteiger charge is 2.08. The van der Waals surface area contributed by atoms with Crippen molar-refractivity contribution in [3.8, 4) is 11.5 Å². The lowest BCUT2D eigenvalue weighted by molar-refractivity contribution is -0.159. The van der Waals surface area contributed by atoms with Crippen LogP contribution in [0.25, 0.3) is 0 Å². The summed E-state index contributed by atoms with van der Waals surface area (Å²) in [5, 5.41) is 18.2. The van der Waals surface area contributed by atoms with Crippen molar-refractivity contribution in [3.63, 3.8) is 0 Å². The molecule has 0 unspecified atom stereocenters. The number of benzene rings is 2. The average molecular weight is 393 g/mol. The molecule has 27 heavy (non-hydrogen) atoms. The molecular formula is C19H23NO6S. The Hall–Kier alpha value is -2.71. The van der Waals surface area contributed by atoms with E-state index in [4.69, 9.17) is 29.3 Å². The third-order valence-electron chi connectivity index (χ3n) is 3.47. The van der Waals surface area contributed by atoms with E-state index in [2.05, 4.69) is 35.8 Å². The van der Waals surface area contributed by atoms with E-state index in [1.807, 2.05) is 18.2 Å². The minimum absolute atomic E-state index is 0.741. The van der Waals surface area contributed by atoms with Gasteiger partial charge in [-0.25, -0.2) is 9.59 Å². The van der Waals surface area contributed by atoms with Gasteiger partial charge < -0.3 is 25.0 Å². The van der Waals surface area contributed by atoms with Gasteiger partial charge in [-0.2, -0.15) is 0 Å². The second-order valence-electron chi connectivity index (χ2n) is 5.21. The van der Waals surface area contributed by atoms with Gasteiger partial charge in [0.1, 0.15) is 0 Å². The molecule has 0 fully saturated rings. The summed E-state index contributed by atoms with van der Waals surface area (Å²) in [7, 11) is 3.32. The van der Waals surface area contributed by atoms with Gasteiger partial charge in [0.15, 0.2) is 11.5 Å². The molecule has 0 atom stereocenters. The molecule has 0 saturated carbocycles. The number of carboxylic acid groups (broad SMARTS) is 2. The van der Waals surface area contributed by atoms with Crippen molar-refractivity contribution in [3.05, 3.63) is 53.6 Å². The minimum Gasteiger partial charge on any atom is -0.493 e. The maximum absolute atomic E-state index is 9.10. The van der Waals surface area contributed by atoms with Gasteiger partial charge in [0.05, 0.1) is 14.2 Å². The number of hydrogen-bond acceptors (Lipinski definition) is 6. The summed E-state index contributed by atoms with van der Waals surface area (Å²) < 4.78 is 10.7. The molecule has 2 aromatic carbocycles. The summed E-state index contributed by atoms with van der Waals surface area (Å²) in [6, 6.07) is 14.5. The molecule has 3 N–H and O–H groups in total. The topological polar surface area (TPSA) is 105 Å². The van der Waals surface area contributed by atoms with Crippen molar-refractivity contribution >= 4 is 23.7 Å². The van der Waals surface area contributed by atoms with Crippen molar-refractivity contribution in [2.45, 2.75) is 18.0 Å². The van der Waals surface area contributed by atoms with Crippen molar-refractivity contribution in [2.24, 2.45) is 0 Å². The molecule has 0 bridgehead atoms. The molecule has 2 aromatic rings. The van der Waals surface area contributed by atoms with Crippen LogP contribution in [0.2, 0.25) is 0 Å². The van der Waals surface area contributed by atoms with Crippen LogP contribution in [-0.4, -0.2) is 42.6 Å². The monoisotopic (exact) mass is 393 g/mol. The quantitative estimate of drug-likeness (QED) is 0.487. The molecule has 0 aliphatic rings. The van der Waals surface area contributed by atoms with Gasteiger partial charge in [-0.3, -0.25) is 0 Å². The maximum atomic E-state index is 9.10. The Labute approximate surface area is 162 Å². The SMILES string of the molecule is COc1cccc(CNCc2ccc(SC)cc2)c1OC.O=C(O)C(=O)O. The third kappa shape index (κ3) is 7.59. The zero-order chi connectivity index (χ0) is 20.2. The van der Waals surface area contributed by atoms with E-state index in [1.54, 1.807) is 26.0 Å². The predicted molar refractivity (Wildman–Crippen MR) is 104 cm³/mol. The number of ether oxygens (including phenoxy) is 2. The lowest BCUT2D eigenvalue weighted by atomic mass is 10.1. The Morgan fingerprint density at radius 2 is 1.59 bits per heavy atom. The minimum atomic E-state index is -1.82. The number of aliphatic carboxylic acids is 2. The van der Waals surface area contributed by atoms with Gasteiger partial charge in [-0.15, -0.1) is 11.8 Å². The smallest absolute Gasteiger partial charge is 0.414 e. The van der Waals surface area contributed by atoms with Gasteiger partial charge in [0, 0.05) is 23.5 Å². The summed E-state index contributed by atoms with van der Waals surface area (Å²) in [4.78, 5) is 19.5. The van der Waals surface area contributed by atoms with Crippen LogP contribution in [0.3, 0.4) is 0 Å². The predicted octanol–water partition coefficient (Wildman–Crippen LogP) is 2.87. The second-order valence-corrected chi connectivity index (χ2v) is 6.09. The van der Waals surface area contributed by atoms with Crippen LogP contribution < -0.4 is 14.8 Å². The first-order chi connectivity index (χ1) is 12.9. The molecule has 7 nitrogen and oxygen atoms in total. The maximum Gasteiger partial charge on any atom is 0.414 e. The van der Waals surface area contributed by atoms with Crippen LogP contribution in [0.1, 0.15) is 11.1 Å². The fourth-order valence-corrected chi connectivity index (χ4v) is 2.59. The highest BCUT2D eigenvalue weighted by molar-refractivity contribution is 7.98. The number of carbonyl (C=O) groups is 2. The summed E-state index contributed by atoms with van der Waals surface area (Å²) in [6.07, 6.45) is 2.09. The molecule has 146 valence electrons. The summed E-state index contributed by atoms with van der Waals surface area (Å²) in [6.45, 7) is 1.57. The average Bonchev–Trinajstić information content (AvgIpc) is 2.68. The van der Waals surface area contributed by atoms with Crippen molar-refractivity contribution in [2.75, 3.05) is 20.5 Å². The van der Waals surface area contributed by atoms with Crippen LogP contribution in [0.15, 0.2) is 47.4 Å². The first kappa shape index (κ1) is 22.3. The van der Waals surface area contributed by atoms with Gasteiger partial charge in [-0.1, -0.05) is 24.3 Å². The van der Waals surface area contributed by atoms with Gasteiger partial charge in [0.2, 0.25) is 0 Å². The molecule has 0 aliphatic carbocycles. The van der Waals surface area contributed by atoms with Crippen molar-refractivity contribution in [1.82, 2.24) is 5.32 Å². The van der Waals surface area contributed by atoms with E-state index in [-0.39, 0.29) is 0 Å². The van der Waals surface area contributed by atoms with E-state index >= 15 is 0 Å². The fourth-order valence-electron chi connectivity index (χ4n) is 2.18. The number of methoxy groups -OCH3 is 2. The number of para-hydroxylation sites is 1. The van der Waals surface area contributed by atoms with E-state index in [0.29, 0.717) is 0 Å². The molecule has 0 aromatic heterocycles. The molecular weight excluding hydrogens is 370 g/mol. The van der Waals surface area contributed by atoms with Crippen LogP contribution in [0, 0.1) is 0 Å². The zero-order valence-corrected chi connectivity index (χ0v) is 16.2. The Balaban J connectivity index is 0.000000527. The lowest BCUT2D eigenvalue weighted by Gasteiger charge is -2.13. The molecule has 0 saturated heterocycles. The Bertz CT molecular complexity index is 736. The molecule has 0 spiro atoms. The summed E-state index contributed by atoms with van der Waals surface area (Å²) in [5.74, 6) is -2.09. The van der Waals surface area contributed by atoms with Crippen LogP contribution in [0.5, 0.6) is 11.5 Å². The van der Waals surface area contributed by atoms with Gasteiger partial charge >= 0.3 is 11.9 Å². The van der Waals surface area contributed by atoms with Crippen LogP contribution in [0.4, 0.5) is 0 Å². The number of rotatable bonds is 7. The number of nitrogens with one attached hydrogen (secondary N) is 1. The highest BCUT2D eigenvalue weighted by atomic mass is 32.2. The number of thioether (sulfide) groups is 1. The number of carboxylic acids is 2. The first-order valence-electron chi connectivity index (χ1n) is 7.92. The Morgan fingerprint density at radius 1 is 0.963 bits per heavy atom. The standard InChI is InChI=1S/C17H21NO2S.C2H2O4/c1-19-16-6-4-5-14(17(16)20-2)12-18-11-13-7-9-15(21-3)10-8-13;3-1(4)2(5)6/h4-10,18H,11-12H2,1-3H3;(H,3,4)(H,5,6). The largest absolute Gasteiger partial charge is 0.493 e. The van der Waals surface area contributed by atoms with Crippen molar-refractivity contribution in [1.29, 1.82) is 0 Å². The normalized spacial score (nSPS) is 9.74. The van der Waals surface area contributed by atoms with Crippen LogP contribution >= 0.6 is 11.8 Å². The summed E-state index contributed by atoms with van der Waals surface area (Å²) >= 11 is 1.76. The third-order valence-corrected chi connectivity index (χ3v) is 4.21. The fraction of sp³-hybridized carbons (Fsp3) is 0.263. The lowest BCUT2D eigenvalue weighted by Crippen LogP contribution is -2.13. The van der Waals surface area contributed by atoms with Gasteiger partial charge in [-0.05, 0) is 30.0 Å². The molecule has 0 amide bonds. The van der Waals surface area contributed by atoms with Crippen molar-refractivity contribution < 1.29 is 29.3 Å². The molecule has 0 aliphatic heterocycles. The van der Waals surface area contributed by atoms with Crippen LogP contribution in [-0.2, 0) is 22.7 Å². The first-order valence-corrected chi connectivity index (χ1v) is 9.15. The summed E-state index contributed by atoms with van der Waals surface area (Å²) in [5.41, 5.74) is 2.37. The van der Waals surface area contributed by atoms with E-state index in [0.717, 1.165) is 30.2 Å². The molecule has 0 heterocycles. The molecule has 0 radical (unpaired) electrons. The van der Waals surface area contributed by atoms with E-state index < -0.39 is 11.9 Å². The number of hydrogen-bond donors (Lipinski definition) is 3. The highest BCUT2D eigenvalue weighted by Crippen LogP contribution is 2.30. The van der Waals surface area contributed by atoms with E-state index in [9.17, 15) is 0 Å². The Kier molecular flexibility index (Phi) is 9.78. The molecule has 8 heteroatoms. The van der Waals surface area contributed by atoms with Gasteiger partial charge in [0.25, 0.3) is 0 Å².